The van der Waals surface area contributed by atoms with Gasteiger partial charge in [-0.1, -0.05) is 12.1 Å². The summed E-state index contributed by atoms with van der Waals surface area (Å²) in [7, 11) is 5.28. The van der Waals surface area contributed by atoms with Crippen molar-refractivity contribution in [1.82, 2.24) is 4.90 Å². The number of nitrogens with zero attached hydrogens (tertiary/aromatic N) is 2. The standard InChI is InChI=1S/C31H30N2O15/c1-30(2)25-19(14-9-8-10-15(41-3)21(14)33(30)18(36)13-32-16(34)11-12-17(32)35)31(20(26(37)42-4)22(46-25)27(38)43-5)47-23(28(39)44-6)24(48-31)29(40)45-7/h8-10H,11-13H2,1-7H3. The lowest BCUT2D eigenvalue weighted by Gasteiger charge is -2.49. The number of likely N-dealkylation sites (tertiary alicyclic amines) is 1. The number of hydrogen-bond donors (Lipinski definition) is 0. The number of rotatable bonds is 7. The molecule has 0 saturated carbocycles. The Morgan fingerprint density at radius 1 is 0.771 bits per heavy atom. The maximum absolute atomic E-state index is 14.2. The van der Waals surface area contributed by atoms with Gasteiger partial charge in [-0.25, -0.2) is 19.2 Å². The number of fused-ring (bicyclic) bond motifs is 3. The minimum Gasteiger partial charge on any atom is -0.495 e. The first kappa shape index (κ1) is 33.5. The van der Waals surface area contributed by atoms with Gasteiger partial charge in [0.05, 0.1) is 46.8 Å². The summed E-state index contributed by atoms with van der Waals surface area (Å²) >= 11 is 0. The molecule has 0 aliphatic carbocycles. The van der Waals surface area contributed by atoms with E-state index in [0.29, 0.717) is 0 Å². The number of imide groups is 1. The van der Waals surface area contributed by atoms with Crippen molar-refractivity contribution in [3.63, 3.8) is 0 Å². The molecule has 1 aromatic rings. The summed E-state index contributed by atoms with van der Waals surface area (Å²) in [5, 5.41) is 0. The van der Waals surface area contributed by atoms with Crippen LogP contribution < -0.4 is 9.64 Å². The normalized spacial score (nSPS) is 18.8. The molecule has 48 heavy (non-hydrogen) atoms. The second-order valence-corrected chi connectivity index (χ2v) is 11.0. The number of esters is 4. The topological polar surface area (TPSA) is 200 Å². The summed E-state index contributed by atoms with van der Waals surface area (Å²) in [6.07, 6.45) is -0.126. The van der Waals surface area contributed by atoms with Crippen LogP contribution in [0.15, 0.2) is 46.8 Å². The smallest absolute Gasteiger partial charge is 0.377 e. The van der Waals surface area contributed by atoms with Gasteiger partial charge in [-0.3, -0.25) is 24.2 Å². The molecule has 0 atom stereocenters. The minimum absolute atomic E-state index is 0.0248. The number of anilines is 1. The summed E-state index contributed by atoms with van der Waals surface area (Å²) in [5.74, 6) is -12.2. The molecule has 1 saturated heterocycles. The third-order valence-corrected chi connectivity index (χ3v) is 8.04. The Bertz CT molecular complexity index is 1740. The molecule has 4 heterocycles. The minimum atomic E-state index is -2.72. The van der Waals surface area contributed by atoms with Gasteiger partial charge >= 0.3 is 29.7 Å². The molecule has 0 unspecified atom stereocenters. The van der Waals surface area contributed by atoms with E-state index >= 15 is 0 Å². The van der Waals surface area contributed by atoms with E-state index in [9.17, 15) is 33.6 Å². The van der Waals surface area contributed by atoms with Crippen LogP contribution >= 0.6 is 0 Å². The molecule has 17 heteroatoms. The SMILES string of the molecule is COC(=O)C1=C(C(=O)OC)OC2(O1)C(C(=O)OC)=C(C(=O)OC)OC1=C2c2cccc(OC)c2N(C(=O)CN2C(=O)CCC2=O)C1(C)C. The van der Waals surface area contributed by atoms with E-state index in [1.807, 2.05) is 0 Å². The Morgan fingerprint density at radius 2 is 1.29 bits per heavy atom. The first-order valence-electron chi connectivity index (χ1n) is 14.2. The predicted molar refractivity (Wildman–Crippen MR) is 156 cm³/mol. The van der Waals surface area contributed by atoms with Gasteiger partial charge in [0.2, 0.25) is 23.5 Å². The molecule has 5 rings (SSSR count). The summed E-state index contributed by atoms with van der Waals surface area (Å²) in [5.41, 5.74) is -2.63. The van der Waals surface area contributed by atoms with Crippen LogP contribution in [0.1, 0.15) is 32.3 Å². The summed E-state index contributed by atoms with van der Waals surface area (Å²) in [6.45, 7) is 2.31. The lowest BCUT2D eigenvalue weighted by molar-refractivity contribution is -0.158. The highest BCUT2D eigenvalue weighted by Gasteiger charge is 2.66. The van der Waals surface area contributed by atoms with Crippen LogP contribution in [0, 0.1) is 0 Å². The van der Waals surface area contributed by atoms with Crippen LogP contribution in [0.25, 0.3) is 5.57 Å². The largest absolute Gasteiger partial charge is 0.495 e. The Labute approximate surface area is 272 Å². The average Bonchev–Trinajstić information content (AvgIpc) is 3.62. The molecule has 254 valence electrons. The lowest BCUT2D eigenvalue weighted by atomic mass is 9.77. The predicted octanol–water partition coefficient (Wildman–Crippen LogP) is 0.612. The van der Waals surface area contributed by atoms with Gasteiger partial charge in [-0.2, -0.15) is 0 Å². The van der Waals surface area contributed by atoms with Crippen LogP contribution in [-0.2, 0) is 66.7 Å². The van der Waals surface area contributed by atoms with Crippen molar-refractivity contribution in [2.75, 3.05) is 47.0 Å². The van der Waals surface area contributed by atoms with Gasteiger partial charge in [0.25, 0.3) is 11.5 Å². The van der Waals surface area contributed by atoms with E-state index in [1.165, 1.54) is 44.1 Å². The van der Waals surface area contributed by atoms with E-state index in [1.54, 1.807) is 0 Å². The van der Waals surface area contributed by atoms with E-state index in [4.69, 9.17) is 37.9 Å². The molecule has 0 N–H and O–H groups in total. The third kappa shape index (κ3) is 4.80. The first-order chi connectivity index (χ1) is 22.7. The molecule has 1 fully saturated rings. The van der Waals surface area contributed by atoms with Gasteiger partial charge in [-0.15, -0.1) is 0 Å². The number of methoxy groups -OCH3 is 5. The van der Waals surface area contributed by atoms with Crippen LogP contribution in [0.2, 0.25) is 0 Å². The number of carbonyl (C=O) groups is 7. The van der Waals surface area contributed by atoms with Gasteiger partial charge in [0, 0.05) is 18.4 Å². The molecule has 3 amide bonds. The van der Waals surface area contributed by atoms with Crippen LogP contribution in [0.5, 0.6) is 5.75 Å². The molecule has 4 aliphatic heterocycles. The Morgan fingerprint density at radius 3 is 1.79 bits per heavy atom. The van der Waals surface area contributed by atoms with Crippen LogP contribution in [0.3, 0.4) is 0 Å². The number of hydrogen-bond acceptors (Lipinski definition) is 15. The zero-order chi connectivity index (χ0) is 35.3. The molecule has 0 aromatic heterocycles. The van der Waals surface area contributed by atoms with Crippen molar-refractivity contribution in [3.05, 3.63) is 52.4 Å². The molecule has 0 bridgehead atoms. The van der Waals surface area contributed by atoms with Crippen molar-refractivity contribution < 1.29 is 71.5 Å². The van der Waals surface area contributed by atoms with Crippen LogP contribution in [-0.4, -0.2) is 99.9 Å². The van der Waals surface area contributed by atoms with Gasteiger partial charge in [0.1, 0.15) is 23.6 Å². The van der Waals surface area contributed by atoms with Crippen molar-refractivity contribution in [1.29, 1.82) is 0 Å². The first-order valence-corrected chi connectivity index (χ1v) is 14.2. The molecule has 0 radical (unpaired) electrons. The zero-order valence-electron chi connectivity index (χ0n) is 26.9. The van der Waals surface area contributed by atoms with Crippen molar-refractivity contribution >= 4 is 52.9 Å². The average molecular weight is 671 g/mol. The Balaban J connectivity index is 1.86. The van der Waals surface area contributed by atoms with Gasteiger partial charge < -0.3 is 37.9 Å². The molecular weight excluding hydrogens is 640 g/mol. The van der Waals surface area contributed by atoms with Gasteiger partial charge in [0.15, 0.2) is 5.57 Å². The summed E-state index contributed by atoms with van der Waals surface area (Å²) in [6, 6.07) is 4.47. The quantitative estimate of drug-likeness (QED) is 0.222. The zero-order valence-corrected chi connectivity index (χ0v) is 26.9. The Kier molecular flexibility index (Phi) is 8.41. The van der Waals surface area contributed by atoms with E-state index < -0.39 is 82.3 Å². The van der Waals surface area contributed by atoms with E-state index in [0.717, 1.165) is 33.3 Å². The number of ether oxygens (including phenoxy) is 8. The molecule has 4 aliphatic rings. The highest BCUT2D eigenvalue weighted by atomic mass is 16.8. The van der Waals surface area contributed by atoms with Crippen molar-refractivity contribution in [3.8, 4) is 5.75 Å². The fourth-order valence-corrected chi connectivity index (χ4v) is 5.93. The number of benzene rings is 1. The summed E-state index contributed by atoms with van der Waals surface area (Å²) in [4.78, 5) is 94.1. The summed E-state index contributed by atoms with van der Waals surface area (Å²) < 4.78 is 43.5. The highest BCUT2D eigenvalue weighted by Crippen LogP contribution is 2.59. The van der Waals surface area contributed by atoms with Crippen molar-refractivity contribution in [2.24, 2.45) is 0 Å². The third-order valence-electron chi connectivity index (χ3n) is 8.04. The lowest BCUT2D eigenvalue weighted by Crippen LogP contribution is -2.58. The van der Waals surface area contributed by atoms with Gasteiger partial charge in [-0.05, 0) is 19.9 Å². The second kappa shape index (κ2) is 12.1. The number of carbonyl (C=O) groups excluding carboxylic acids is 7. The molecule has 1 aromatic carbocycles. The fourth-order valence-electron chi connectivity index (χ4n) is 5.93. The Hall–Kier alpha value is -5.87. The maximum Gasteiger partial charge on any atom is 0.377 e. The molecule has 1 spiro atoms. The van der Waals surface area contributed by atoms with Crippen molar-refractivity contribution in [2.45, 2.75) is 38.0 Å². The molecular formula is C31H30N2O15. The van der Waals surface area contributed by atoms with Crippen LogP contribution in [0.4, 0.5) is 5.69 Å². The second-order valence-electron chi connectivity index (χ2n) is 11.0. The maximum atomic E-state index is 14.2. The molecule has 17 nitrogen and oxygen atoms in total. The van der Waals surface area contributed by atoms with E-state index in [-0.39, 0.29) is 41.2 Å². The van der Waals surface area contributed by atoms with E-state index in [2.05, 4.69) is 0 Å². The monoisotopic (exact) mass is 670 g/mol. The number of para-hydroxylation sites is 1. The highest BCUT2D eigenvalue weighted by molar-refractivity contribution is 6.13. The fraction of sp³-hybridized carbons (Fsp3) is 0.387. The number of amides is 3.